The Labute approximate surface area is 179 Å². The number of nitrogens with one attached hydrogen (secondary N) is 2. The van der Waals surface area contributed by atoms with Gasteiger partial charge in [0, 0.05) is 23.3 Å². The van der Waals surface area contributed by atoms with Crippen molar-refractivity contribution in [3.8, 4) is 17.2 Å². The van der Waals surface area contributed by atoms with Gasteiger partial charge in [-0.3, -0.25) is 19.7 Å². The van der Waals surface area contributed by atoms with Gasteiger partial charge in [-0.2, -0.15) is 5.10 Å². The molecule has 2 amide bonds. The number of carbonyl (C=O) groups is 2. The number of nitrogens with zero attached hydrogens (tertiary/aromatic N) is 2. The van der Waals surface area contributed by atoms with Gasteiger partial charge in [0.25, 0.3) is 17.5 Å². The Kier molecular flexibility index (Phi) is 7.69. The van der Waals surface area contributed by atoms with Crippen LogP contribution in [0.25, 0.3) is 0 Å². The van der Waals surface area contributed by atoms with E-state index in [1.165, 1.54) is 26.4 Å². The lowest BCUT2D eigenvalue weighted by Crippen LogP contribution is -2.34. The largest absolute Gasteiger partial charge is 0.506 e. The highest BCUT2D eigenvalue weighted by Gasteiger charge is 2.14. The third-order valence-corrected chi connectivity index (χ3v) is 4.34. The first kappa shape index (κ1) is 22.6. The molecular formula is C18H17BrN4O7. The Bertz CT molecular complexity index is 1010. The Morgan fingerprint density at radius 3 is 2.57 bits per heavy atom. The maximum atomic E-state index is 12.2. The lowest BCUT2D eigenvalue weighted by molar-refractivity contribution is -0.385. The second kappa shape index (κ2) is 10.2. The van der Waals surface area contributed by atoms with Gasteiger partial charge in [-0.15, -0.1) is 0 Å². The van der Waals surface area contributed by atoms with Crippen molar-refractivity contribution in [2.75, 3.05) is 20.8 Å². The predicted molar refractivity (Wildman–Crippen MR) is 110 cm³/mol. The quantitative estimate of drug-likeness (QED) is 0.296. The number of phenols is 1. The molecule has 0 unspecified atom stereocenters. The summed E-state index contributed by atoms with van der Waals surface area (Å²) < 4.78 is 10.3. The van der Waals surface area contributed by atoms with Gasteiger partial charge in [0.1, 0.15) is 5.75 Å². The topological polar surface area (TPSA) is 152 Å². The van der Waals surface area contributed by atoms with E-state index >= 15 is 0 Å². The normalized spacial score (nSPS) is 10.5. The number of amides is 2. The zero-order chi connectivity index (χ0) is 22.3. The number of nitro groups is 1. The molecule has 30 heavy (non-hydrogen) atoms. The number of aromatic hydroxyl groups is 1. The molecule has 0 bridgehead atoms. The first-order valence-corrected chi connectivity index (χ1v) is 9.05. The number of phenolic OH excluding ortho intramolecular Hbond substituents is 1. The molecule has 158 valence electrons. The zero-order valence-electron chi connectivity index (χ0n) is 15.8. The van der Waals surface area contributed by atoms with Crippen LogP contribution in [-0.4, -0.2) is 48.8 Å². The summed E-state index contributed by atoms with van der Waals surface area (Å²) in [4.78, 5) is 34.3. The monoisotopic (exact) mass is 480 g/mol. The summed E-state index contributed by atoms with van der Waals surface area (Å²) in [6.45, 7) is -0.380. The zero-order valence-corrected chi connectivity index (χ0v) is 17.4. The lowest BCUT2D eigenvalue weighted by atomic mass is 10.2. The van der Waals surface area contributed by atoms with Crippen LogP contribution in [0.1, 0.15) is 15.9 Å². The van der Waals surface area contributed by atoms with Gasteiger partial charge < -0.3 is 19.9 Å². The molecule has 0 saturated carbocycles. The number of non-ortho nitro benzene ring substituents is 1. The summed E-state index contributed by atoms with van der Waals surface area (Å²) in [6.07, 6.45) is 1.04. The fourth-order valence-electron chi connectivity index (χ4n) is 2.26. The van der Waals surface area contributed by atoms with Crippen LogP contribution in [-0.2, 0) is 4.79 Å². The van der Waals surface area contributed by atoms with E-state index < -0.39 is 16.7 Å². The van der Waals surface area contributed by atoms with E-state index in [-0.39, 0.29) is 33.6 Å². The number of carbonyl (C=O) groups excluding carboxylic acids is 2. The summed E-state index contributed by atoms with van der Waals surface area (Å²) in [7, 11) is 2.90. The molecule has 0 aliphatic carbocycles. The Morgan fingerprint density at radius 1 is 1.23 bits per heavy atom. The van der Waals surface area contributed by atoms with Crippen LogP contribution in [0.15, 0.2) is 39.9 Å². The predicted octanol–water partition coefficient (Wildman–Crippen LogP) is 1.96. The summed E-state index contributed by atoms with van der Waals surface area (Å²) in [5.74, 6) is -0.626. The van der Waals surface area contributed by atoms with E-state index in [1.807, 2.05) is 0 Å². The van der Waals surface area contributed by atoms with E-state index in [4.69, 9.17) is 9.47 Å². The number of ether oxygens (including phenoxy) is 2. The van der Waals surface area contributed by atoms with Crippen LogP contribution >= 0.6 is 15.9 Å². The highest BCUT2D eigenvalue weighted by Crippen LogP contribution is 2.31. The smallest absolute Gasteiger partial charge is 0.271 e. The van der Waals surface area contributed by atoms with Crippen LogP contribution in [0, 0.1) is 10.1 Å². The van der Waals surface area contributed by atoms with E-state index in [1.54, 1.807) is 6.07 Å². The number of benzene rings is 2. The van der Waals surface area contributed by atoms with E-state index in [2.05, 4.69) is 31.8 Å². The second-order valence-electron chi connectivity index (χ2n) is 5.67. The molecule has 0 heterocycles. The molecule has 0 saturated heterocycles. The number of hydrazone groups is 1. The number of nitro benzene ring substituents is 1. The van der Waals surface area contributed by atoms with Gasteiger partial charge in [-0.05, 0) is 34.1 Å². The summed E-state index contributed by atoms with van der Waals surface area (Å²) in [6, 6.07) is 6.76. The van der Waals surface area contributed by atoms with Crippen molar-refractivity contribution in [1.82, 2.24) is 10.7 Å². The maximum Gasteiger partial charge on any atom is 0.271 e. The highest BCUT2D eigenvalue weighted by molar-refractivity contribution is 9.10. The fraction of sp³-hybridized carbons (Fsp3) is 0.167. The van der Waals surface area contributed by atoms with Gasteiger partial charge >= 0.3 is 0 Å². The number of hydrogen-bond acceptors (Lipinski definition) is 8. The minimum Gasteiger partial charge on any atom is -0.506 e. The molecule has 0 aliphatic heterocycles. The Hall–Kier alpha value is -3.67. The van der Waals surface area contributed by atoms with Gasteiger partial charge in [-0.1, -0.05) is 0 Å². The first-order chi connectivity index (χ1) is 14.3. The molecule has 3 N–H and O–H groups in total. The van der Waals surface area contributed by atoms with Crippen LogP contribution in [0.3, 0.4) is 0 Å². The molecule has 0 aliphatic rings. The Balaban J connectivity index is 1.96. The molecule has 0 fully saturated rings. The van der Waals surface area contributed by atoms with Crippen LogP contribution in [0.4, 0.5) is 5.69 Å². The number of methoxy groups -OCH3 is 2. The number of rotatable bonds is 8. The Morgan fingerprint density at radius 2 is 1.93 bits per heavy atom. The molecule has 0 spiro atoms. The third-order valence-electron chi connectivity index (χ3n) is 3.74. The lowest BCUT2D eigenvalue weighted by Gasteiger charge is -2.09. The molecular weight excluding hydrogens is 464 g/mol. The van der Waals surface area contributed by atoms with Gasteiger partial charge in [0.15, 0.2) is 11.5 Å². The summed E-state index contributed by atoms with van der Waals surface area (Å²) in [5.41, 5.74) is 2.16. The minimum atomic E-state index is -0.649. The van der Waals surface area contributed by atoms with Crippen LogP contribution < -0.4 is 20.2 Å². The SMILES string of the molecule is COc1ccc(C(=O)NCC(=O)N/N=C/c2cc([N+](=O)[O-])cc(Br)c2O)cc1OC. The average Bonchev–Trinajstić information content (AvgIpc) is 2.74. The highest BCUT2D eigenvalue weighted by atomic mass is 79.9. The van der Waals surface area contributed by atoms with E-state index in [0.717, 1.165) is 18.3 Å². The minimum absolute atomic E-state index is 0.0192. The fourth-order valence-corrected chi connectivity index (χ4v) is 2.73. The third kappa shape index (κ3) is 5.67. The van der Waals surface area contributed by atoms with Crippen molar-refractivity contribution in [1.29, 1.82) is 0 Å². The first-order valence-electron chi connectivity index (χ1n) is 8.25. The molecule has 0 atom stereocenters. The van der Waals surface area contributed by atoms with E-state index in [9.17, 15) is 24.8 Å². The molecule has 2 rings (SSSR count). The molecule has 2 aromatic rings. The van der Waals surface area contributed by atoms with Gasteiger partial charge in [0.2, 0.25) is 0 Å². The maximum absolute atomic E-state index is 12.2. The van der Waals surface area contributed by atoms with Gasteiger partial charge in [0.05, 0.1) is 36.4 Å². The number of halogens is 1. The van der Waals surface area contributed by atoms with Crippen molar-refractivity contribution in [3.63, 3.8) is 0 Å². The molecule has 0 aromatic heterocycles. The molecule has 12 heteroatoms. The van der Waals surface area contributed by atoms with E-state index in [0.29, 0.717) is 11.5 Å². The van der Waals surface area contributed by atoms with Crippen molar-refractivity contribution in [3.05, 3.63) is 56.0 Å². The summed E-state index contributed by atoms with van der Waals surface area (Å²) in [5, 5.41) is 26.8. The van der Waals surface area contributed by atoms with Gasteiger partial charge in [-0.25, -0.2) is 5.43 Å². The van der Waals surface area contributed by atoms with Crippen molar-refractivity contribution < 1.29 is 29.1 Å². The van der Waals surface area contributed by atoms with Crippen LogP contribution in [0.5, 0.6) is 17.2 Å². The second-order valence-corrected chi connectivity index (χ2v) is 6.52. The molecule has 11 nitrogen and oxygen atoms in total. The standard InChI is InChI=1S/C18H17BrN4O7/c1-29-14-4-3-10(6-15(14)30-2)18(26)20-9-16(24)22-21-8-11-5-12(23(27)28)7-13(19)17(11)25/h3-8,25H,9H2,1-2H3,(H,20,26)(H,22,24)/b21-8+. The summed E-state index contributed by atoms with van der Waals surface area (Å²) >= 11 is 3.00. The van der Waals surface area contributed by atoms with Crippen molar-refractivity contribution in [2.24, 2.45) is 5.10 Å². The molecule has 2 aromatic carbocycles. The average molecular weight is 481 g/mol. The number of hydrogen-bond donors (Lipinski definition) is 3. The van der Waals surface area contributed by atoms with Crippen LogP contribution in [0.2, 0.25) is 0 Å². The van der Waals surface area contributed by atoms with Crippen molar-refractivity contribution >= 4 is 39.6 Å². The molecule has 0 radical (unpaired) electrons. The van der Waals surface area contributed by atoms with Crippen molar-refractivity contribution in [2.45, 2.75) is 0 Å².